The first-order valence-electron chi connectivity index (χ1n) is 7.76. The Bertz CT molecular complexity index is 747. The maximum atomic E-state index is 12.0. The quantitative estimate of drug-likeness (QED) is 0.260. The number of carbonyl (C=O) groups excluding carboxylic acids is 1. The van der Waals surface area contributed by atoms with E-state index in [1.807, 2.05) is 6.07 Å². The molecule has 0 atom stereocenters. The van der Waals surface area contributed by atoms with Crippen LogP contribution in [0.25, 0.3) is 0 Å². The molecule has 1 amide bonds. The highest BCUT2D eigenvalue weighted by Gasteiger charge is 2.12. The minimum atomic E-state index is -4.29. The van der Waals surface area contributed by atoms with E-state index in [2.05, 4.69) is 29.4 Å². The van der Waals surface area contributed by atoms with E-state index >= 15 is 0 Å². The smallest absolute Gasteiger partial charge is 0.294 e. The van der Waals surface area contributed by atoms with Gasteiger partial charge in [0.1, 0.15) is 11.6 Å². The van der Waals surface area contributed by atoms with Crippen molar-refractivity contribution < 1.29 is 17.8 Å². The second-order valence-electron chi connectivity index (χ2n) is 5.10. The second kappa shape index (κ2) is 9.78. The van der Waals surface area contributed by atoms with Crippen molar-refractivity contribution in [2.24, 2.45) is 0 Å². The first-order chi connectivity index (χ1) is 11.8. The first-order valence-corrected chi connectivity index (χ1v) is 9.20. The van der Waals surface area contributed by atoms with Gasteiger partial charge in [-0.2, -0.15) is 13.7 Å². The summed E-state index contributed by atoms with van der Waals surface area (Å²) in [6.07, 6.45) is 1.35. The van der Waals surface area contributed by atoms with Crippen LogP contribution in [-0.4, -0.2) is 50.0 Å². The molecule has 0 fully saturated rings. The number of likely N-dealkylation sites (N-methyl/N-ethyl adjacent to an activating group) is 1. The normalized spacial score (nSPS) is 11.9. The Balaban J connectivity index is 2.64. The number of rotatable bonds is 9. The van der Waals surface area contributed by atoms with E-state index in [1.165, 1.54) is 18.3 Å². The molecule has 25 heavy (non-hydrogen) atoms. The number of nitrogens with one attached hydrogen (secondary N) is 2. The minimum Gasteiger partial charge on any atom is -0.388 e. The molecular weight excluding hydrogens is 344 g/mol. The Kier molecular flexibility index (Phi) is 8.07. The predicted octanol–water partition coefficient (Wildman–Crippen LogP) is 1.21. The SMILES string of the molecule is CCN(CC)CCN/C=C(/C#N)C(=O)Nc1ccc(S(=O)(=O)O)cc1. The second-order valence-corrected chi connectivity index (χ2v) is 6.53. The van der Waals surface area contributed by atoms with Gasteiger partial charge in [0.15, 0.2) is 0 Å². The van der Waals surface area contributed by atoms with E-state index < -0.39 is 16.0 Å². The van der Waals surface area contributed by atoms with Crippen LogP contribution >= 0.6 is 0 Å². The van der Waals surface area contributed by atoms with Crippen LogP contribution in [0.4, 0.5) is 5.69 Å². The summed E-state index contributed by atoms with van der Waals surface area (Å²) in [7, 11) is -4.29. The van der Waals surface area contributed by atoms with Gasteiger partial charge >= 0.3 is 0 Å². The molecule has 9 heteroatoms. The van der Waals surface area contributed by atoms with E-state index in [-0.39, 0.29) is 10.5 Å². The third-order valence-corrected chi connectivity index (χ3v) is 4.36. The van der Waals surface area contributed by atoms with Crippen molar-refractivity contribution >= 4 is 21.7 Å². The van der Waals surface area contributed by atoms with Crippen molar-refractivity contribution in [1.82, 2.24) is 10.2 Å². The van der Waals surface area contributed by atoms with Crippen LogP contribution in [0, 0.1) is 11.3 Å². The molecule has 0 spiro atoms. The van der Waals surface area contributed by atoms with Crippen molar-refractivity contribution in [2.45, 2.75) is 18.7 Å². The number of hydrogen-bond donors (Lipinski definition) is 3. The van der Waals surface area contributed by atoms with E-state index in [0.717, 1.165) is 31.8 Å². The van der Waals surface area contributed by atoms with Crippen LogP contribution < -0.4 is 10.6 Å². The summed E-state index contributed by atoms with van der Waals surface area (Å²) in [6.45, 7) is 7.35. The number of carbonyl (C=O) groups is 1. The lowest BCUT2D eigenvalue weighted by Crippen LogP contribution is -2.30. The summed E-state index contributed by atoms with van der Waals surface area (Å²) in [5, 5.41) is 14.5. The Labute approximate surface area is 147 Å². The van der Waals surface area contributed by atoms with Gasteiger partial charge in [0, 0.05) is 25.0 Å². The van der Waals surface area contributed by atoms with Gasteiger partial charge in [-0.1, -0.05) is 13.8 Å². The largest absolute Gasteiger partial charge is 0.388 e. The van der Waals surface area contributed by atoms with Gasteiger partial charge in [-0.25, -0.2) is 0 Å². The zero-order valence-electron chi connectivity index (χ0n) is 14.2. The zero-order valence-corrected chi connectivity index (χ0v) is 15.0. The summed E-state index contributed by atoms with van der Waals surface area (Å²) in [6, 6.07) is 6.77. The fourth-order valence-electron chi connectivity index (χ4n) is 1.99. The van der Waals surface area contributed by atoms with Gasteiger partial charge in [0.25, 0.3) is 16.0 Å². The zero-order chi connectivity index (χ0) is 18.9. The third kappa shape index (κ3) is 6.93. The topological polar surface area (TPSA) is 123 Å². The van der Waals surface area contributed by atoms with Gasteiger partial charge in [0.2, 0.25) is 0 Å². The average molecular weight is 366 g/mol. The third-order valence-electron chi connectivity index (χ3n) is 3.49. The number of anilines is 1. The van der Waals surface area contributed by atoms with E-state index in [0.29, 0.717) is 12.2 Å². The number of hydrogen-bond acceptors (Lipinski definition) is 6. The number of nitriles is 1. The monoisotopic (exact) mass is 366 g/mol. The molecule has 1 aromatic rings. The molecule has 0 saturated heterocycles. The van der Waals surface area contributed by atoms with Crippen molar-refractivity contribution in [3.8, 4) is 6.07 Å². The van der Waals surface area contributed by atoms with Gasteiger partial charge < -0.3 is 15.5 Å². The summed E-state index contributed by atoms with van der Waals surface area (Å²) in [4.78, 5) is 14.0. The molecular formula is C16H22N4O4S. The Hall–Kier alpha value is -2.41. The maximum Gasteiger partial charge on any atom is 0.294 e. The van der Waals surface area contributed by atoms with Gasteiger partial charge in [-0.3, -0.25) is 9.35 Å². The fraction of sp³-hybridized carbons (Fsp3) is 0.375. The highest BCUT2D eigenvalue weighted by Crippen LogP contribution is 2.14. The molecule has 0 aliphatic rings. The maximum absolute atomic E-state index is 12.0. The molecule has 0 aliphatic heterocycles. The van der Waals surface area contributed by atoms with Crippen LogP contribution in [-0.2, 0) is 14.9 Å². The van der Waals surface area contributed by atoms with E-state index in [1.54, 1.807) is 0 Å². The molecule has 0 saturated carbocycles. The predicted molar refractivity (Wildman–Crippen MR) is 94.4 cm³/mol. The Morgan fingerprint density at radius 1 is 1.28 bits per heavy atom. The molecule has 1 rings (SSSR count). The molecule has 1 aromatic carbocycles. The summed E-state index contributed by atoms with van der Waals surface area (Å²) < 4.78 is 30.8. The van der Waals surface area contributed by atoms with Crippen molar-refractivity contribution in [3.63, 3.8) is 0 Å². The average Bonchev–Trinajstić information content (AvgIpc) is 2.58. The standard InChI is InChI=1S/C16H22N4O4S/c1-3-20(4-2)10-9-18-12-13(11-17)16(21)19-14-5-7-15(8-6-14)25(22,23)24/h5-8,12,18H,3-4,9-10H2,1-2H3,(H,19,21)(H,22,23,24)/b13-12-. The highest BCUT2D eigenvalue weighted by atomic mass is 32.2. The summed E-state index contributed by atoms with van der Waals surface area (Å²) in [5.74, 6) is -0.613. The molecule has 0 unspecified atom stereocenters. The van der Waals surface area contributed by atoms with Crippen LogP contribution in [0.1, 0.15) is 13.8 Å². The minimum absolute atomic E-state index is 0.0987. The van der Waals surface area contributed by atoms with Crippen LogP contribution in [0.2, 0.25) is 0 Å². The highest BCUT2D eigenvalue weighted by molar-refractivity contribution is 7.85. The van der Waals surface area contributed by atoms with Crippen LogP contribution in [0.5, 0.6) is 0 Å². The lowest BCUT2D eigenvalue weighted by Gasteiger charge is -2.17. The first kappa shape index (κ1) is 20.6. The van der Waals surface area contributed by atoms with Crippen molar-refractivity contribution in [3.05, 3.63) is 36.0 Å². The lowest BCUT2D eigenvalue weighted by atomic mass is 10.2. The van der Waals surface area contributed by atoms with Crippen LogP contribution in [0.3, 0.4) is 0 Å². The van der Waals surface area contributed by atoms with Gasteiger partial charge in [-0.15, -0.1) is 0 Å². The molecule has 8 nitrogen and oxygen atoms in total. The molecule has 0 heterocycles. The fourth-order valence-corrected chi connectivity index (χ4v) is 2.47. The number of benzene rings is 1. The molecule has 3 N–H and O–H groups in total. The number of nitrogens with zero attached hydrogens (tertiary/aromatic N) is 2. The Morgan fingerprint density at radius 3 is 2.36 bits per heavy atom. The summed E-state index contributed by atoms with van der Waals surface area (Å²) >= 11 is 0. The summed E-state index contributed by atoms with van der Waals surface area (Å²) in [5.41, 5.74) is 0.208. The van der Waals surface area contributed by atoms with E-state index in [4.69, 9.17) is 9.81 Å². The van der Waals surface area contributed by atoms with Gasteiger partial charge in [0.05, 0.1) is 4.90 Å². The molecule has 0 bridgehead atoms. The number of amides is 1. The lowest BCUT2D eigenvalue weighted by molar-refractivity contribution is -0.112. The molecule has 0 aromatic heterocycles. The van der Waals surface area contributed by atoms with E-state index in [9.17, 15) is 13.2 Å². The van der Waals surface area contributed by atoms with Crippen molar-refractivity contribution in [2.75, 3.05) is 31.5 Å². The molecule has 0 radical (unpaired) electrons. The van der Waals surface area contributed by atoms with Crippen molar-refractivity contribution in [1.29, 1.82) is 5.26 Å². The van der Waals surface area contributed by atoms with Crippen LogP contribution in [0.15, 0.2) is 40.9 Å². The van der Waals surface area contributed by atoms with Gasteiger partial charge in [-0.05, 0) is 37.4 Å². The molecule has 136 valence electrons. The Morgan fingerprint density at radius 2 is 1.88 bits per heavy atom. The molecule has 0 aliphatic carbocycles.